The number of nitro benzene ring substituents is 1. The number of non-ortho nitro benzene ring substituents is 1. The number of nitrogens with zero attached hydrogens (tertiary/aromatic N) is 1. The Morgan fingerprint density at radius 1 is 1.20 bits per heavy atom. The van der Waals surface area contributed by atoms with Gasteiger partial charge in [-0.3, -0.25) is 10.1 Å². The van der Waals surface area contributed by atoms with E-state index < -0.39 is 0 Å². The van der Waals surface area contributed by atoms with E-state index in [-0.39, 0.29) is 16.7 Å². The van der Waals surface area contributed by atoms with Gasteiger partial charge in [-0.2, -0.15) is 0 Å². The third-order valence-electron chi connectivity index (χ3n) is 3.83. The number of hydrogen-bond donors (Lipinski definition) is 1. The van der Waals surface area contributed by atoms with Gasteiger partial charge < -0.3 is 10.1 Å². The van der Waals surface area contributed by atoms with E-state index in [0.29, 0.717) is 23.3 Å². The fourth-order valence-corrected chi connectivity index (χ4v) is 3.06. The monoisotopic (exact) mass is 278 g/mol. The second-order valence-corrected chi connectivity index (χ2v) is 5.88. The molecule has 1 fully saturated rings. The second-order valence-electron chi connectivity index (χ2n) is 5.88. The van der Waals surface area contributed by atoms with Crippen molar-refractivity contribution < 1.29 is 9.66 Å². The number of hydrogen-bond acceptors (Lipinski definition) is 4. The van der Waals surface area contributed by atoms with Gasteiger partial charge in [-0.25, -0.2) is 0 Å². The Morgan fingerprint density at radius 3 is 2.40 bits per heavy atom. The lowest BCUT2D eigenvalue weighted by Gasteiger charge is -2.31. The van der Waals surface area contributed by atoms with Gasteiger partial charge in [-0.15, -0.1) is 0 Å². The zero-order valence-electron chi connectivity index (χ0n) is 12.3. The number of rotatable bonds is 4. The molecule has 1 aliphatic carbocycles. The molecule has 0 amide bonds. The number of benzene rings is 1. The maximum atomic E-state index is 10.9. The summed E-state index contributed by atoms with van der Waals surface area (Å²) in [7, 11) is 1.74. The van der Waals surface area contributed by atoms with Gasteiger partial charge >= 0.3 is 0 Å². The molecule has 110 valence electrons. The molecule has 0 aromatic heterocycles. The molecule has 0 spiro atoms. The third-order valence-corrected chi connectivity index (χ3v) is 3.83. The standard InChI is InChI=1S/C15H22N2O3/c1-10-4-11(2)6-14(5-10)20-15-8-12(16-3)7-13(9-15)17(18)19/h7-11,14,16H,4-6H2,1-3H3. The van der Waals surface area contributed by atoms with Gasteiger partial charge in [-0.1, -0.05) is 13.8 Å². The largest absolute Gasteiger partial charge is 0.490 e. The molecular weight excluding hydrogens is 256 g/mol. The van der Waals surface area contributed by atoms with Crippen molar-refractivity contribution in [3.05, 3.63) is 28.3 Å². The molecule has 0 heterocycles. The minimum atomic E-state index is -0.389. The molecule has 20 heavy (non-hydrogen) atoms. The zero-order valence-corrected chi connectivity index (χ0v) is 12.3. The van der Waals surface area contributed by atoms with Crippen molar-refractivity contribution in [1.82, 2.24) is 0 Å². The summed E-state index contributed by atoms with van der Waals surface area (Å²) in [6.07, 6.45) is 3.42. The topological polar surface area (TPSA) is 64.4 Å². The van der Waals surface area contributed by atoms with Crippen LogP contribution < -0.4 is 10.1 Å². The van der Waals surface area contributed by atoms with Crippen LogP contribution in [0.15, 0.2) is 18.2 Å². The van der Waals surface area contributed by atoms with Crippen molar-refractivity contribution in [2.24, 2.45) is 11.8 Å². The van der Waals surface area contributed by atoms with Crippen molar-refractivity contribution in [2.45, 2.75) is 39.2 Å². The molecule has 2 unspecified atom stereocenters. The summed E-state index contributed by atoms with van der Waals surface area (Å²) < 4.78 is 5.98. The molecule has 1 N–H and O–H groups in total. The number of nitrogens with one attached hydrogen (secondary N) is 1. The first-order valence-electron chi connectivity index (χ1n) is 7.11. The Balaban J connectivity index is 2.15. The van der Waals surface area contributed by atoms with Gasteiger partial charge in [0.25, 0.3) is 5.69 Å². The Bertz CT molecular complexity index is 480. The van der Waals surface area contributed by atoms with Gasteiger partial charge in [0.15, 0.2) is 0 Å². The van der Waals surface area contributed by atoms with Gasteiger partial charge in [0.1, 0.15) is 5.75 Å². The first-order chi connectivity index (χ1) is 9.47. The van der Waals surface area contributed by atoms with E-state index in [1.54, 1.807) is 7.05 Å². The Hall–Kier alpha value is -1.78. The van der Waals surface area contributed by atoms with E-state index in [4.69, 9.17) is 4.74 Å². The third kappa shape index (κ3) is 3.62. The smallest absolute Gasteiger partial charge is 0.275 e. The minimum Gasteiger partial charge on any atom is -0.490 e. The summed E-state index contributed by atoms with van der Waals surface area (Å²) in [5, 5.41) is 13.9. The predicted molar refractivity (Wildman–Crippen MR) is 79.2 cm³/mol. The Morgan fingerprint density at radius 2 is 1.85 bits per heavy atom. The summed E-state index contributed by atoms with van der Waals surface area (Å²) in [5.74, 6) is 1.87. The molecule has 5 heteroatoms. The summed E-state index contributed by atoms with van der Waals surface area (Å²) >= 11 is 0. The molecule has 2 atom stereocenters. The highest BCUT2D eigenvalue weighted by atomic mass is 16.6. The van der Waals surface area contributed by atoms with Gasteiger partial charge in [0.05, 0.1) is 17.1 Å². The molecule has 0 aliphatic heterocycles. The van der Waals surface area contributed by atoms with Crippen LogP contribution in [0.3, 0.4) is 0 Å². The van der Waals surface area contributed by atoms with Crippen LogP contribution in [-0.4, -0.2) is 18.1 Å². The van der Waals surface area contributed by atoms with Crippen LogP contribution in [0.1, 0.15) is 33.1 Å². The summed E-state index contributed by atoms with van der Waals surface area (Å²) in [6.45, 7) is 4.47. The molecule has 1 aromatic rings. The first-order valence-corrected chi connectivity index (χ1v) is 7.11. The summed E-state index contributed by atoms with van der Waals surface area (Å²) in [4.78, 5) is 10.6. The first kappa shape index (κ1) is 14.6. The van der Waals surface area contributed by atoms with E-state index in [2.05, 4.69) is 19.2 Å². The van der Waals surface area contributed by atoms with Crippen LogP contribution in [0.2, 0.25) is 0 Å². The van der Waals surface area contributed by atoms with E-state index in [1.807, 2.05) is 6.07 Å². The molecule has 0 saturated heterocycles. The molecule has 1 saturated carbocycles. The normalized spacial score (nSPS) is 26.1. The predicted octanol–water partition coefficient (Wildman–Crippen LogP) is 3.84. The van der Waals surface area contributed by atoms with Crippen molar-refractivity contribution in [3.8, 4) is 5.75 Å². The Labute approximate surface area is 119 Å². The fourth-order valence-electron chi connectivity index (χ4n) is 3.06. The number of nitro groups is 1. The highest BCUT2D eigenvalue weighted by Gasteiger charge is 2.25. The van der Waals surface area contributed by atoms with Crippen LogP contribution in [-0.2, 0) is 0 Å². The molecule has 2 rings (SSSR count). The summed E-state index contributed by atoms with van der Waals surface area (Å²) in [6, 6.07) is 4.83. The lowest BCUT2D eigenvalue weighted by atomic mass is 9.82. The SMILES string of the molecule is CNc1cc(OC2CC(C)CC(C)C2)cc([N+](=O)[O-])c1. The highest BCUT2D eigenvalue weighted by Crippen LogP contribution is 2.33. The molecule has 0 radical (unpaired) electrons. The quantitative estimate of drug-likeness (QED) is 0.671. The van der Waals surface area contributed by atoms with Gasteiger partial charge in [-0.05, 0) is 31.1 Å². The van der Waals surface area contributed by atoms with E-state index in [9.17, 15) is 10.1 Å². The van der Waals surface area contributed by atoms with E-state index in [1.165, 1.54) is 18.6 Å². The molecule has 0 bridgehead atoms. The van der Waals surface area contributed by atoms with Crippen LogP contribution >= 0.6 is 0 Å². The lowest BCUT2D eigenvalue weighted by Crippen LogP contribution is -2.28. The van der Waals surface area contributed by atoms with Crippen LogP contribution in [0, 0.1) is 22.0 Å². The average Bonchev–Trinajstić information content (AvgIpc) is 2.36. The molecule has 1 aromatic carbocycles. The van der Waals surface area contributed by atoms with Crippen molar-refractivity contribution in [1.29, 1.82) is 0 Å². The Kier molecular flexibility index (Phi) is 4.47. The number of ether oxygens (including phenoxy) is 1. The van der Waals surface area contributed by atoms with Crippen molar-refractivity contribution >= 4 is 11.4 Å². The van der Waals surface area contributed by atoms with Crippen molar-refractivity contribution in [2.75, 3.05) is 12.4 Å². The maximum absolute atomic E-state index is 10.9. The van der Waals surface area contributed by atoms with Crippen LogP contribution in [0.25, 0.3) is 0 Å². The highest BCUT2D eigenvalue weighted by molar-refractivity contribution is 5.56. The molecule has 1 aliphatic rings. The number of anilines is 1. The maximum Gasteiger partial charge on any atom is 0.275 e. The van der Waals surface area contributed by atoms with Crippen molar-refractivity contribution in [3.63, 3.8) is 0 Å². The molecule has 5 nitrogen and oxygen atoms in total. The van der Waals surface area contributed by atoms with E-state index in [0.717, 1.165) is 12.8 Å². The lowest BCUT2D eigenvalue weighted by molar-refractivity contribution is -0.384. The van der Waals surface area contributed by atoms with E-state index >= 15 is 0 Å². The van der Waals surface area contributed by atoms with Crippen LogP contribution in [0.4, 0.5) is 11.4 Å². The average molecular weight is 278 g/mol. The van der Waals surface area contributed by atoms with Gasteiger partial charge in [0, 0.05) is 24.9 Å². The second kappa shape index (κ2) is 6.11. The van der Waals surface area contributed by atoms with Crippen LogP contribution in [0.5, 0.6) is 5.75 Å². The van der Waals surface area contributed by atoms with Gasteiger partial charge in [0.2, 0.25) is 0 Å². The zero-order chi connectivity index (χ0) is 14.7. The summed E-state index contributed by atoms with van der Waals surface area (Å²) in [5.41, 5.74) is 0.759. The fraction of sp³-hybridized carbons (Fsp3) is 0.600. The minimum absolute atomic E-state index is 0.0590. The molecular formula is C15H22N2O3.